The molecule has 2 fully saturated rings. The first-order valence-corrected chi connectivity index (χ1v) is 7.72. The number of amides is 1. The van der Waals surface area contributed by atoms with Crippen LogP contribution in [0.4, 0.5) is 5.69 Å². The molecule has 2 saturated heterocycles. The first kappa shape index (κ1) is 13.4. The van der Waals surface area contributed by atoms with Gasteiger partial charge in [-0.15, -0.1) is 0 Å². The van der Waals surface area contributed by atoms with Gasteiger partial charge in [-0.2, -0.15) is 0 Å². The van der Waals surface area contributed by atoms with Gasteiger partial charge in [0.2, 0.25) is 0 Å². The second-order valence-electron chi connectivity index (χ2n) is 6.15. The van der Waals surface area contributed by atoms with Crippen molar-refractivity contribution in [3.8, 4) is 11.3 Å². The van der Waals surface area contributed by atoms with E-state index in [0.717, 1.165) is 18.4 Å². The average Bonchev–Trinajstić information content (AvgIpc) is 3.23. The molecule has 3 heterocycles. The Labute approximate surface area is 128 Å². The molecule has 1 amide bonds. The van der Waals surface area contributed by atoms with E-state index in [1.54, 1.807) is 6.07 Å². The zero-order chi connectivity index (χ0) is 15.1. The maximum Gasteiger partial charge on any atom is 0.287 e. The number of anilines is 1. The molecule has 5 heteroatoms. The summed E-state index contributed by atoms with van der Waals surface area (Å²) < 4.78 is 5.69. The Balaban J connectivity index is 1.48. The van der Waals surface area contributed by atoms with Gasteiger partial charge in [-0.25, -0.2) is 0 Å². The predicted molar refractivity (Wildman–Crippen MR) is 84.4 cm³/mol. The number of hydrogen-bond acceptors (Lipinski definition) is 4. The Morgan fingerprint density at radius 3 is 2.91 bits per heavy atom. The fraction of sp³-hybridized carbons (Fsp3) is 0.353. The summed E-state index contributed by atoms with van der Waals surface area (Å²) in [6, 6.07) is 12.2. The van der Waals surface area contributed by atoms with Crippen molar-refractivity contribution in [3.63, 3.8) is 0 Å². The maximum absolute atomic E-state index is 12.3. The average molecular weight is 297 g/mol. The van der Waals surface area contributed by atoms with Gasteiger partial charge in [0.1, 0.15) is 5.76 Å². The van der Waals surface area contributed by atoms with Crippen LogP contribution in [0.1, 0.15) is 29.8 Å². The molecule has 22 heavy (non-hydrogen) atoms. The summed E-state index contributed by atoms with van der Waals surface area (Å²) in [7, 11) is 0. The first-order chi connectivity index (χ1) is 10.7. The fourth-order valence-corrected chi connectivity index (χ4v) is 3.53. The molecule has 3 atom stereocenters. The number of benzene rings is 1. The lowest BCUT2D eigenvalue weighted by Gasteiger charge is -2.20. The number of furan rings is 1. The molecular weight excluding hydrogens is 278 g/mol. The first-order valence-electron chi connectivity index (χ1n) is 7.72. The lowest BCUT2D eigenvalue weighted by atomic mass is 9.95. The van der Waals surface area contributed by atoms with Crippen molar-refractivity contribution in [3.05, 3.63) is 42.2 Å². The van der Waals surface area contributed by atoms with Crippen LogP contribution < -0.4 is 16.4 Å². The molecule has 4 N–H and O–H groups in total. The van der Waals surface area contributed by atoms with Crippen LogP contribution >= 0.6 is 0 Å². The Morgan fingerprint density at radius 2 is 2.18 bits per heavy atom. The highest BCUT2D eigenvalue weighted by molar-refractivity contribution is 5.92. The third-order valence-electron chi connectivity index (χ3n) is 4.62. The van der Waals surface area contributed by atoms with Gasteiger partial charge in [-0.05, 0) is 43.5 Å². The number of hydrogen-bond donors (Lipinski definition) is 3. The number of carbonyl (C=O) groups excluding carboxylic acids is 1. The molecule has 2 bridgehead atoms. The third-order valence-corrected chi connectivity index (χ3v) is 4.62. The molecule has 4 rings (SSSR count). The topological polar surface area (TPSA) is 80.3 Å². The summed E-state index contributed by atoms with van der Waals surface area (Å²) in [4.78, 5) is 12.3. The summed E-state index contributed by atoms with van der Waals surface area (Å²) in [5, 5.41) is 6.60. The van der Waals surface area contributed by atoms with Gasteiger partial charge in [0.25, 0.3) is 5.91 Å². The van der Waals surface area contributed by atoms with E-state index < -0.39 is 0 Å². The van der Waals surface area contributed by atoms with Crippen LogP contribution in [-0.2, 0) is 0 Å². The molecule has 2 aliphatic rings. The second kappa shape index (κ2) is 5.18. The molecule has 0 spiro atoms. The van der Waals surface area contributed by atoms with Crippen LogP contribution in [0.25, 0.3) is 11.3 Å². The van der Waals surface area contributed by atoms with Crippen molar-refractivity contribution in [1.82, 2.24) is 10.6 Å². The van der Waals surface area contributed by atoms with Crippen molar-refractivity contribution in [2.45, 2.75) is 37.4 Å². The van der Waals surface area contributed by atoms with Gasteiger partial charge in [0.05, 0.1) is 0 Å². The molecule has 0 aliphatic carbocycles. The van der Waals surface area contributed by atoms with Crippen molar-refractivity contribution in [1.29, 1.82) is 0 Å². The minimum atomic E-state index is -0.144. The number of rotatable bonds is 3. The number of nitrogens with one attached hydrogen (secondary N) is 2. The van der Waals surface area contributed by atoms with Crippen LogP contribution in [0.15, 0.2) is 40.8 Å². The smallest absolute Gasteiger partial charge is 0.287 e. The number of nitrogen functional groups attached to an aromatic ring is 1. The number of fused-ring (bicyclic) bond motifs is 2. The third kappa shape index (κ3) is 2.37. The fourth-order valence-electron chi connectivity index (χ4n) is 3.53. The lowest BCUT2D eigenvalue weighted by molar-refractivity contribution is 0.0903. The van der Waals surface area contributed by atoms with Gasteiger partial charge in [-0.3, -0.25) is 4.79 Å². The monoisotopic (exact) mass is 297 g/mol. The van der Waals surface area contributed by atoms with Gasteiger partial charge >= 0.3 is 0 Å². The zero-order valence-electron chi connectivity index (χ0n) is 12.2. The molecule has 0 unspecified atom stereocenters. The summed E-state index contributed by atoms with van der Waals surface area (Å²) >= 11 is 0. The standard InChI is InChI=1S/C17H19N3O2/c18-11-3-1-2-10(8-11)15-6-7-16(22-15)17(21)20-14-9-12-4-5-13(14)19-12/h1-3,6-8,12-14,19H,4-5,9,18H2,(H,20,21)/t12-,13+,14-/m1/s1. The van der Waals surface area contributed by atoms with Gasteiger partial charge < -0.3 is 20.8 Å². The highest BCUT2D eigenvalue weighted by Crippen LogP contribution is 2.29. The van der Waals surface area contributed by atoms with Crippen LogP contribution in [0, 0.1) is 0 Å². The lowest BCUT2D eigenvalue weighted by Crippen LogP contribution is -2.42. The van der Waals surface area contributed by atoms with Gasteiger partial charge in [0, 0.05) is 29.4 Å². The van der Waals surface area contributed by atoms with Crippen LogP contribution in [0.2, 0.25) is 0 Å². The quantitative estimate of drug-likeness (QED) is 0.758. The normalized spacial score (nSPS) is 26.3. The SMILES string of the molecule is Nc1cccc(-c2ccc(C(=O)N[C@@H]3C[C@H]4CC[C@@H]3N4)o2)c1. The van der Waals surface area contributed by atoms with E-state index >= 15 is 0 Å². The molecule has 0 saturated carbocycles. The van der Waals surface area contributed by atoms with Crippen LogP contribution in [0.3, 0.4) is 0 Å². The molecule has 5 nitrogen and oxygen atoms in total. The van der Waals surface area contributed by atoms with E-state index in [1.807, 2.05) is 30.3 Å². The second-order valence-corrected chi connectivity index (χ2v) is 6.15. The van der Waals surface area contributed by atoms with Crippen molar-refractivity contribution < 1.29 is 9.21 Å². The Bertz CT molecular complexity index is 709. The van der Waals surface area contributed by atoms with Crippen LogP contribution in [0.5, 0.6) is 0 Å². The predicted octanol–water partition coefficient (Wildman–Crippen LogP) is 2.15. The molecule has 2 aliphatic heterocycles. The van der Waals surface area contributed by atoms with E-state index in [-0.39, 0.29) is 11.9 Å². The summed E-state index contributed by atoms with van der Waals surface area (Å²) in [5.41, 5.74) is 7.33. The van der Waals surface area contributed by atoms with Gasteiger partial charge in [0.15, 0.2) is 5.76 Å². The Hall–Kier alpha value is -2.27. The minimum absolute atomic E-state index is 0.144. The van der Waals surface area contributed by atoms with E-state index in [2.05, 4.69) is 10.6 Å². The van der Waals surface area contributed by atoms with Crippen LogP contribution in [-0.4, -0.2) is 24.0 Å². The van der Waals surface area contributed by atoms with E-state index in [1.165, 1.54) is 6.42 Å². The minimum Gasteiger partial charge on any atom is -0.451 e. The van der Waals surface area contributed by atoms with Crippen molar-refractivity contribution in [2.24, 2.45) is 0 Å². The van der Waals surface area contributed by atoms with Crippen molar-refractivity contribution in [2.75, 3.05) is 5.73 Å². The maximum atomic E-state index is 12.3. The van der Waals surface area contributed by atoms with Crippen molar-refractivity contribution >= 4 is 11.6 Å². The largest absolute Gasteiger partial charge is 0.451 e. The highest BCUT2D eigenvalue weighted by atomic mass is 16.3. The summed E-state index contributed by atoms with van der Waals surface area (Å²) in [5.74, 6) is 0.859. The van der Waals surface area contributed by atoms with E-state index in [4.69, 9.17) is 10.2 Å². The van der Waals surface area contributed by atoms with E-state index in [0.29, 0.717) is 29.3 Å². The molecular formula is C17H19N3O2. The molecule has 1 aromatic heterocycles. The van der Waals surface area contributed by atoms with Gasteiger partial charge in [-0.1, -0.05) is 12.1 Å². The number of carbonyl (C=O) groups is 1. The molecule has 114 valence electrons. The number of nitrogens with two attached hydrogens (primary N) is 1. The molecule has 2 aromatic rings. The molecule has 0 radical (unpaired) electrons. The Morgan fingerprint density at radius 1 is 1.27 bits per heavy atom. The zero-order valence-corrected chi connectivity index (χ0v) is 12.2. The highest BCUT2D eigenvalue weighted by Gasteiger charge is 2.39. The molecule has 1 aromatic carbocycles. The summed E-state index contributed by atoms with van der Waals surface area (Å²) in [6.07, 6.45) is 3.37. The Kier molecular flexibility index (Phi) is 3.15. The summed E-state index contributed by atoms with van der Waals surface area (Å²) in [6.45, 7) is 0. The van der Waals surface area contributed by atoms with E-state index in [9.17, 15) is 4.79 Å².